The lowest BCUT2D eigenvalue weighted by Gasteiger charge is -2.19. The van der Waals surface area contributed by atoms with Crippen LogP contribution in [0.15, 0.2) is 0 Å². The Morgan fingerprint density at radius 2 is 2.07 bits per heavy atom. The highest BCUT2D eigenvalue weighted by Crippen LogP contribution is 2.17. The van der Waals surface area contributed by atoms with Gasteiger partial charge >= 0.3 is 0 Å². The zero-order chi connectivity index (χ0) is 10.0. The van der Waals surface area contributed by atoms with Gasteiger partial charge in [0.15, 0.2) is 0 Å². The van der Waals surface area contributed by atoms with Gasteiger partial charge in [0.1, 0.15) is 6.23 Å². The first-order chi connectivity index (χ1) is 6.66. The van der Waals surface area contributed by atoms with Crippen LogP contribution >= 0.6 is 0 Å². The van der Waals surface area contributed by atoms with E-state index in [4.69, 9.17) is 4.74 Å². The first kappa shape index (κ1) is 10.4. The predicted molar refractivity (Wildman–Crippen MR) is 57.2 cm³/mol. The molecule has 3 nitrogen and oxygen atoms in total. The average Bonchev–Trinajstić information content (AvgIpc) is 2.70. The number of hydrogen-bond acceptors (Lipinski definition) is 3. The van der Waals surface area contributed by atoms with Crippen molar-refractivity contribution in [3.8, 4) is 0 Å². The Kier molecular flexibility index (Phi) is 3.10. The fourth-order valence-corrected chi connectivity index (χ4v) is 2.29. The van der Waals surface area contributed by atoms with Crippen molar-refractivity contribution in [2.24, 2.45) is 0 Å². The Labute approximate surface area is 86.8 Å². The zero-order valence-electron chi connectivity index (χ0n) is 9.38. The highest BCUT2D eigenvalue weighted by molar-refractivity contribution is 4.85. The second kappa shape index (κ2) is 4.17. The molecule has 2 saturated heterocycles. The largest absolute Gasteiger partial charge is 0.361 e. The standard InChI is InChI=1S/C11H22N2O/c1-11(2)9-14-10(12-11)5-8-13-6-3-4-7-13/h10,12H,3-9H2,1-2H3. The zero-order valence-corrected chi connectivity index (χ0v) is 9.38. The summed E-state index contributed by atoms with van der Waals surface area (Å²) in [6, 6.07) is 0. The number of hydrogen-bond donors (Lipinski definition) is 1. The van der Waals surface area contributed by atoms with E-state index in [-0.39, 0.29) is 11.8 Å². The highest BCUT2D eigenvalue weighted by atomic mass is 16.5. The first-order valence-corrected chi connectivity index (χ1v) is 5.77. The van der Waals surface area contributed by atoms with Crippen LogP contribution in [-0.4, -0.2) is 42.9 Å². The Morgan fingerprint density at radius 1 is 1.36 bits per heavy atom. The molecule has 0 aromatic carbocycles. The molecule has 2 fully saturated rings. The van der Waals surface area contributed by atoms with Gasteiger partial charge in [-0.1, -0.05) is 0 Å². The van der Waals surface area contributed by atoms with Crippen LogP contribution in [0.1, 0.15) is 33.1 Å². The lowest BCUT2D eigenvalue weighted by atomic mass is 10.1. The molecule has 2 aliphatic rings. The first-order valence-electron chi connectivity index (χ1n) is 5.77. The molecule has 0 aromatic heterocycles. The van der Waals surface area contributed by atoms with Crippen LogP contribution in [0.3, 0.4) is 0 Å². The Morgan fingerprint density at radius 3 is 2.64 bits per heavy atom. The molecule has 1 unspecified atom stereocenters. The van der Waals surface area contributed by atoms with E-state index >= 15 is 0 Å². The second-order valence-electron chi connectivity index (χ2n) is 5.17. The number of likely N-dealkylation sites (tertiary alicyclic amines) is 1. The number of nitrogens with one attached hydrogen (secondary N) is 1. The molecule has 2 aliphatic heterocycles. The van der Waals surface area contributed by atoms with Crippen molar-refractivity contribution in [2.45, 2.75) is 44.9 Å². The summed E-state index contributed by atoms with van der Waals surface area (Å²) < 4.78 is 5.69. The van der Waals surface area contributed by atoms with Crippen molar-refractivity contribution >= 4 is 0 Å². The lowest BCUT2D eigenvalue weighted by Crippen LogP contribution is -2.40. The van der Waals surface area contributed by atoms with Crippen LogP contribution in [0.4, 0.5) is 0 Å². The number of nitrogens with zero attached hydrogens (tertiary/aromatic N) is 1. The van der Waals surface area contributed by atoms with Crippen molar-refractivity contribution in [2.75, 3.05) is 26.2 Å². The topological polar surface area (TPSA) is 24.5 Å². The summed E-state index contributed by atoms with van der Waals surface area (Å²) in [5, 5.41) is 3.51. The quantitative estimate of drug-likeness (QED) is 0.737. The molecular weight excluding hydrogens is 176 g/mol. The van der Waals surface area contributed by atoms with Gasteiger partial charge in [0.2, 0.25) is 0 Å². The molecule has 1 N–H and O–H groups in total. The molecule has 3 heteroatoms. The molecule has 0 bridgehead atoms. The summed E-state index contributed by atoms with van der Waals surface area (Å²) in [6.45, 7) is 9.00. The summed E-state index contributed by atoms with van der Waals surface area (Å²) in [5.74, 6) is 0. The minimum atomic E-state index is 0.176. The fourth-order valence-electron chi connectivity index (χ4n) is 2.29. The molecule has 0 aromatic rings. The fraction of sp³-hybridized carbons (Fsp3) is 1.00. The Balaban J connectivity index is 1.66. The number of ether oxygens (including phenoxy) is 1. The van der Waals surface area contributed by atoms with E-state index in [1.165, 1.54) is 32.5 Å². The summed E-state index contributed by atoms with van der Waals surface area (Å²) >= 11 is 0. The summed E-state index contributed by atoms with van der Waals surface area (Å²) in [4.78, 5) is 2.54. The van der Waals surface area contributed by atoms with Crippen molar-refractivity contribution in [1.29, 1.82) is 0 Å². The van der Waals surface area contributed by atoms with E-state index in [0.29, 0.717) is 0 Å². The van der Waals surface area contributed by atoms with Crippen LogP contribution in [0.2, 0.25) is 0 Å². The summed E-state index contributed by atoms with van der Waals surface area (Å²) in [7, 11) is 0. The second-order valence-corrected chi connectivity index (χ2v) is 5.17. The Bertz CT molecular complexity index is 188. The third kappa shape index (κ3) is 2.69. The van der Waals surface area contributed by atoms with Gasteiger partial charge in [-0.2, -0.15) is 0 Å². The van der Waals surface area contributed by atoms with Gasteiger partial charge in [-0.15, -0.1) is 0 Å². The molecule has 2 heterocycles. The lowest BCUT2D eigenvalue weighted by molar-refractivity contribution is 0.0832. The Hall–Kier alpha value is -0.120. The van der Waals surface area contributed by atoms with Crippen LogP contribution in [0.5, 0.6) is 0 Å². The number of rotatable bonds is 3. The van der Waals surface area contributed by atoms with E-state index in [1.807, 2.05) is 0 Å². The molecule has 0 radical (unpaired) electrons. The van der Waals surface area contributed by atoms with Crippen molar-refractivity contribution in [3.63, 3.8) is 0 Å². The van der Waals surface area contributed by atoms with E-state index < -0.39 is 0 Å². The van der Waals surface area contributed by atoms with Crippen LogP contribution in [0.25, 0.3) is 0 Å². The maximum atomic E-state index is 5.69. The van der Waals surface area contributed by atoms with Crippen LogP contribution in [-0.2, 0) is 4.74 Å². The van der Waals surface area contributed by atoms with Crippen LogP contribution in [0, 0.1) is 0 Å². The minimum Gasteiger partial charge on any atom is -0.361 e. The summed E-state index contributed by atoms with van der Waals surface area (Å²) in [5.41, 5.74) is 0.176. The molecule has 0 amide bonds. The molecular formula is C11H22N2O. The van der Waals surface area contributed by atoms with Gasteiger partial charge in [0.05, 0.1) is 6.61 Å². The van der Waals surface area contributed by atoms with Gasteiger partial charge in [-0.05, 0) is 46.2 Å². The molecule has 0 spiro atoms. The van der Waals surface area contributed by atoms with Crippen molar-refractivity contribution in [3.05, 3.63) is 0 Å². The summed E-state index contributed by atoms with van der Waals surface area (Å²) in [6.07, 6.45) is 4.17. The minimum absolute atomic E-state index is 0.176. The van der Waals surface area contributed by atoms with Crippen molar-refractivity contribution in [1.82, 2.24) is 10.2 Å². The van der Waals surface area contributed by atoms with E-state index in [9.17, 15) is 0 Å². The normalized spacial score (nSPS) is 32.6. The third-order valence-corrected chi connectivity index (χ3v) is 3.10. The van der Waals surface area contributed by atoms with E-state index in [2.05, 4.69) is 24.1 Å². The van der Waals surface area contributed by atoms with Gasteiger partial charge in [0, 0.05) is 12.1 Å². The third-order valence-electron chi connectivity index (χ3n) is 3.10. The predicted octanol–water partition coefficient (Wildman–Crippen LogP) is 1.20. The highest BCUT2D eigenvalue weighted by Gasteiger charge is 2.30. The van der Waals surface area contributed by atoms with Crippen molar-refractivity contribution < 1.29 is 4.74 Å². The monoisotopic (exact) mass is 198 g/mol. The maximum absolute atomic E-state index is 5.69. The van der Waals surface area contributed by atoms with Crippen LogP contribution < -0.4 is 5.32 Å². The molecule has 0 saturated carbocycles. The van der Waals surface area contributed by atoms with E-state index in [1.54, 1.807) is 0 Å². The molecule has 82 valence electrons. The van der Waals surface area contributed by atoms with E-state index in [0.717, 1.165) is 13.0 Å². The molecule has 2 rings (SSSR count). The average molecular weight is 198 g/mol. The van der Waals surface area contributed by atoms with Gasteiger partial charge in [-0.25, -0.2) is 0 Å². The van der Waals surface area contributed by atoms with Gasteiger partial charge in [-0.3, -0.25) is 5.32 Å². The maximum Gasteiger partial charge on any atom is 0.109 e. The molecule has 0 aliphatic carbocycles. The van der Waals surface area contributed by atoms with Gasteiger partial charge < -0.3 is 9.64 Å². The SMILES string of the molecule is CC1(C)COC(CCN2CCCC2)N1. The smallest absolute Gasteiger partial charge is 0.109 e. The van der Waals surface area contributed by atoms with Gasteiger partial charge in [0.25, 0.3) is 0 Å². The molecule has 1 atom stereocenters. The molecule has 14 heavy (non-hydrogen) atoms.